The Morgan fingerprint density at radius 1 is 0.966 bits per heavy atom. The smallest absolute Gasteiger partial charge is 0.293 e. The molecule has 2 aromatic carbocycles. The van der Waals surface area contributed by atoms with E-state index in [0.29, 0.717) is 37.6 Å². The van der Waals surface area contributed by atoms with Crippen LogP contribution in [-0.2, 0) is 9.59 Å². The summed E-state index contributed by atoms with van der Waals surface area (Å²) < 4.78 is 14.0. The number of hydrogen-bond donors (Lipinski definition) is 0. The average Bonchev–Trinajstić information content (AvgIpc) is 3.02. The second-order valence-corrected chi connectivity index (χ2v) is 8.06. The summed E-state index contributed by atoms with van der Waals surface area (Å²) in [6.45, 7) is 1.95. The van der Waals surface area contributed by atoms with Crippen molar-refractivity contribution in [1.82, 2.24) is 4.90 Å². The van der Waals surface area contributed by atoms with Gasteiger partial charge in [-0.15, -0.1) is 0 Å². The van der Waals surface area contributed by atoms with Crippen LogP contribution in [0.2, 0.25) is 0 Å². The molecule has 6 nitrogen and oxygen atoms in total. The molecular weight excluding hydrogens is 393 g/mol. The second-order valence-electron chi connectivity index (χ2n) is 6.90. The Morgan fingerprint density at radius 3 is 2.31 bits per heavy atom. The first-order valence-electron chi connectivity index (χ1n) is 9.41. The zero-order valence-electron chi connectivity index (χ0n) is 15.7. The van der Waals surface area contributed by atoms with Crippen molar-refractivity contribution >= 4 is 40.2 Å². The Balaban J connectivity index is 1.35. The number of benzene rings is 2. The molecule has 0 N–H and O–H groups in total. The number of imide groups is 1. The van der Waals surface area contributed by atoms with Crippen LogP contribution >= 0.6 is 11.8 Å². The molecule has 0 bridgehead atoms. The third kappa shape index (κ3) is 3.98. The van der Waals surface area contributed by atoms with Gasteiger partial charge in [-0.2, -0.15) is 0 Å². The molecule has 1 unspecified atom stereocenters. The quantitative estimate of drug-likeness (QED) is 0.771. The Morgan fingerprint density at radius 2 is 1.62 bits per heavy atom. The molecule has 2 aromatic rings. The van der Waals surface area contributed by atoms with E-state index in [1.54, 1.807) is 47.4 Å². The molecule has 1 atom stereocenters. The van der Waals surface area contributed by atoms with Gasteiger partial charge >= 0.3 is 0 Å². The van der Waals surface area contributed by atoms with E-state index >= 15 is 0 Å². The van der Waals surface area contributed by atoms with Crippen LogP contribution in [0, 0.1) is 5.82 Å². The molecule has 2 fully saturated rings. The molecule has 2 aliphatic heterocycles. The molecule has 8 heteroatoms. The van der Waals surface area contributed by atoms with Crippen LogP contribution in [0.15, 0.2) is 54.6 Å². The summed E-state index contributed by atoms with van der Waals surface area (Å²) >= 11 is 0.898. The number of halogens is 1. The van der Waals surface area contributed by atoms with Gasteiger partial charge in [-0.25, -0.2) is 9.29 Å². The van der Waals surface area contributed by atoms with Crippen molar-refractivity contribution in [3.8, 4) is 0 Å². The fourth-order valence-corrected chi connectivity index (χ4v) is 4.57. The Labute approximate surface area is 172 Å². The first-order valence-corrected chi connectivity index (χ1v) is 10.3. The predicted octanol–water partition coefficient (Wildman–Crippen LogP) is 3.13. The van der Waals surface area contributed by atoms with Gasteiger partial charge in [-0.1, -0.05) is 30.3 Å². The number of carbonyl (C=O) groups is 3. The lowest BCUT2D eigenvalue weighted by molar-refractivity contribution is -0.133. The van der Waals surface area contributed by atoms with Gasteiger partial charge < -0.3 is 9.80 Å². The fraction of sp³-hybridized carbons (Fsp3) is 0.286. The summed E-state index contributed by atoms with van der Waals surface area (Å²) in [6, 6.07) is 15.3. The first-order chi connectivity index (χ1) is 14.0. The minimum Gasteiger partial charge on any atom is -0.366 e. The molecule has 0 saturated carbocycles. The van der Waals surface area contributed by atoms with E-state index in [1.807, 2.05) is 11.0 Å². The maximum atomic E-state index is 14.0. The third-order valence-electron chi connectivity index (χ3n) is 5.12. The standard InChI is InChI=1S/C21H20FN3O3S/c22-16-8-4-5-9-17(16)23-10-12-24(13-11-23)19(26)14-18-20(27)25(21(28)29-18)15-6-2-1-3-7-15/h1-9,18H,10-14H2. The summed E-state index contributed by atoms with van der Waals surface area (Å²) in [6.07, 6.45) is -0.0156. The summed E-state index contributed by atoms with van der Waals surface area (Å²) in [4.78, 5) is 42.4. The number of nitrogens with zero attached hydrogens (tertiary/aromatic N) is 3. The summed E-state index contributed by atoms with van der Waals surface area (Å²) in [5.74, 6) is -0.795. The molecule has 2 heterocycles. The zero-order valence-corrected chi connectivity index (χ0v) is 16.5. The highest BCUT2D eigenvalue weighted by Gasteiger charge is 2.42. The van der Waals surface area contributed by atoms with E-state index in [4.69, 9.17) is 0 Å². The number of thioether (sulfide) groups is 1. The lowest BCUT2D eigenvalue weighted by Gasteiger charge is -2.36. The predicted molar refractivity (Wildman–Crippen MR) is 111 cm³/mol. The molecule has 2 saturated heterocycles. The fourth-order valence-electron chi connectivity index (χ4n) is 3.59. The van der Waals surface area contributed by atoms with E-state index in [0.717, 1.165) is 16.7 Å². The lowest BCUT2D eigenvalue weighted by Crippen LogP contribution is -2.49. The van der Waals surface area contributed by atoms with Gasteiger partial charge in [-0.05, 0) is 36.0 Å². The third-order valence-corrected chi connectivity index (χ3v) is 6.16. The van der Waals surface area contributed by atoms with Crippen molar-refractivity contribution in [2.24, 2.45) is 0 Å². The average molecular weight is 413 g/mol. The second kappa shape index (κ2) is 8.24. The molecule has 2 aliphatic rings. The van der Waals surface area contributed by atoms with E-state index in [9.17, 15) is 18.8 Å². The number of amides is 3. The highest BCUT2D eigenvalue weighted by Crippen LogP contribution is 2.33. The van der Waals surface area contributed by atoms with Crippen LogP contribution in [0.1, 0.15) is 6.42 Å². The molecule has 3 amide bonds. The van der Waals surface area contributed by atoms with E-state index in [-0.39, 0.29) is 29.3 Å². The van der Waals surface area contributed by atoms with Crippen LogP contribution < -0.4 is 9.80 Å². The summed E-state index contributed by atoms with van der Waals surface area (Å²) in [5, 5.41) is -1.07. The maximum absolute atomic E-state index is 14.0. The molecule has 0 aliphatic carbocycles. The molecule has 0 aromatic heterocycles. The minimum atomic E-state index is -0.709. The number of para-hydroxylation sites is 2. The minimum absolute atomic E-state index is 0.0156. The van der Waals surface area contributed by atoms with Crippen LogP contribution in [0.5, 0.6) is 0 Å². The molecule has 0 spiro atoms. The van der Waals surface area contributed by atoms with Gasteiger partial charge in [0.1, 0.15) is 11.1 Å². The summed E-state index contributed by atoms with van der Waals surface area (Å²) in [7, 11) is 0. The van der Waals surface area contributed by atoms with Crippen molar-refractivity contribution in [1.29, 1.82) is 0 Å². The van der Waals surface area contributed by atoms with E-state index in [2.05, 4.69) is 0 Å². The van der Waals surface area contributed by atoms with Crippen molar-refractivity contribution in [2.75, 3.05) is 36.0 Å². The van der Waals surface area contributed by atoms with Crippen LogP contribution in [0.25, 0.3) is 0 Å². The molecule has 150 valence electrons. The topological polar surface area (TPSA) is 60.9 Å². The Bertz CT molecular complexity index is 932. The van der Waals surface area contributed by atoms with E-state index in [1.165, 1.54) is 6.07 Å². The normalized spacial score (nSPS) is 19.8. The number of hydrogen-bond acceptors (Lipinski definition) is 5. The van der Waals surface area contributed by atoms with E-state index < -0.39 is 5.25 Å². The highest BCUT2D eigenvalue weighted by molar-refractivity contribution is 8.15. The van der Waals surface area contributed by atoms with Crippen molar-refractivity contribution in [3.05, 3.63) is 60.4 Å². The van der Waals surface area contributed by atoms with Gasteiger partial charge in [0.15, 0.2) is 0 Å². The number of rotatable bonds is 4. The maximum Gasteiger partial charge on any atom is 0.293 e. The van der Waals surface area contributed by atoms with Gasteiger partial charge in [0, 0.05) is 32.6 Å². The molecule has 4 rings (SSSR count). The van der Waals surface area contributed by atoms with Gasteiger partial charge in [0.2, 0.25) is 11.8 Å². The number of piperazine rings is 1. The molecule has 29 heavy (non-hydrogen) atoms. The summed E-state index contributed by atoms with van der Waals surface area (Å²) in [5.41, 5.74) is 1.05. The Kier molecular flexibility index (Phi) is 5.53. The van der Waals surface area contributed by atoms with Crippen molar-refractivity contribution in [2.45, 2.75) is 11.7 Å². The largest absolute Gasteiger partial charge is 0.366 e. The number of carbonyl (C=O) groups excluding carboxylic acids is 3. The molecule has 0 radical (unpaired) electrons. The number of anilines is 2. The van der Waals surface area contributed by atoms with Crippen molar-refractivity contribution < 1.29 is 18.8 Å². The molecular formula is C21H20FN3O3S. The van der Waals surface area contributed by atoms with Gasteiger partial charge in [0.25, 0.3) is 5.24 Å². The SMILES string of the molecule is O=C(CC1SC(=O)N(c2ccccc2)C1=O)N1CCN(c2ccccc2F)CC1. The van der Waals surface area contributed by atoms with Crippen molar-refractivity contribution in [3.63, 3.8) is 0 Å². The van der Waals surface area contributed by atoms with Crippen LogP contribution in [-0.4, -0.2) is 53.4 Å². The zero-order chi connectivity index (χ0) is 20.4. The monoisotopic (exact) mass is 413 g/mol. The lowest BCUT2D eigenvalue weighted by atomic mass is 10.2. The van der Waals surface area contributed by atoms with Gasteiger partial charge in [-0.3, -0.25) is 14.4 Å². The van der Waals surface area contributed by atoms with Crippen LogP contribution in [0.3, 0.4) is 0 Å². The highest BCUT2D eigenvalue weighted by atomic mass is 32.2. The first kappa shape index (κ1) is 19.4. The van der Waals surface area contributed by atoms with Gasteiger partial charge in [0.05, 0.1) is 11.4 Å². The Hall–Kier alpha value is -2.87. The van der Waals surface area contributed by atoms with Crippen LogP contribution in [0.4, 0.5) is 20.6 Å².